The number of rotatable bonds is 5. The molecule has 0 amide bonds. The number of hydrogen-bond acceptors (Lipinski definition) is 1. The summed E-state index contributed by atoms with van der Waals surface area (Å²) in [6, 6.07) is 8.94. The Bertz CT molecular complexity index is 373. The molecule has 1 aliphatic rings. The lowest BCUT2D eigenvalue weighted by Gasteiger charge is -2.37. The van der Waals surface area contributed by atoms with Crippen LogP contribution in [0.15, 0.2) is 24.3 Å². The van der Waals surface area contributed by atoms with Crippen LogP contribution in [-0.4, -0.2) is 10.7 Å². The van der Waals surface area contributed by atoms with Crippen molar-refractivity contribution in [3.63, 3.8) is 0 Å². The first kappa shape index (κ1) is 14.6. The molecule has 2 rings (SSSR count). The van der Waals surface area contributed by atoms with Crippen LogP contribution in [-0.2, 0) is 6.42 Å². The van der Waals surface area contributed by atoms with Crippen LogP contribution in [0.1, 0.15) is 75.8 Å². The van der Waals surface area contributed by atoms with Crippen molar-refractivity contribution in [1.82, 2.24) is 0 Å². The highest BCUT2D eigenvalue weighted by molar-refractivity contribution is 5.27. The number of unbranched alkanes of at least 4 members (excludes halogenated alkanes) is 1. The van der Waals surface area contributed by atoms with Gasteiger partial charge < -0.3 is 5.11 Å². The molecule has 1 aliphatic carbocycles. The number of hydrogen-bond donors (Lipinski definition) is 1. The zero-order chi connectivity index (χ0) is 13.7. The number of aliphatic hydroxyl groups is 1. The Morgan fingerprint density at radius 1 is 1.11 bits per heavy atom. The van der Waals surface area contributed by atoms with Gasteiger partial charge in [0.05, 0.1) is 5.60 Å². The average Bonchev–Trinajstić information content (AvgIpc) is 2.46. The maximum atomic E-state index is 10.8. The minimum Gasteiger partial charge on any atom is -0.389 e. The van der Waals surface area contributed by atoms with E-state index in [4.69, 9.17) is 0 Å². The maximum absolute atomic E-state index is 10.8. The molecule has 1 heteroatoms. The van der Waals surface area contributed by atoms with Crippen molar-refractivity contribution < 1.29 is 5.11 Å². The summed E-state index contributed by atoms with van der Waals surface area (Å²) in [6.07, 6.45) is 9.25. The van der Waals surface area contributed by atoms with Crippen molar-refractivity contribution in [2.75, 3.05) is 0 Å². The largest absolute Gasteiger partial charge is 0.389 e. The van der Waals surface area contributed by atoms with Crippen LogP contribution in [0.5, 0.6) is 0 Å². The van der Waals surface area contributed by atoms with E-state index in [9.17, 15) is 5.11 Å². The molecule has 1 unspecified atom stereocenters. The second-order valence-corrected chi connectivity index (χ2v) is 6.23. The Kier molecular flexibility index (Phi) is 5.04. The molecule has 1 nitrogen and oxygen atoms in total. The third-order valence-corrected chi connectivity index (χ3v) is 4.82. The molecule has 1 fully saturated rings. The predicted molar refractivity (Wildman–Crippen MR) is 81.5 cm³/mol. The highest BCUT2D eigenvalue weighted by Gasteiger charge is 2.35. The van der Waals surface area contributed by atoms with E-state index in [2.05, 4.69) is 38.1 Å². The van der Waals surface area contributed by atoms with E-state index < -0.39 is 5.60 Å². The quantitative estimate of drug-likeness (QED) is 0.804. The molecule has 0 bridgehead atoms. The summed E-state index contributed by atoms with van der Waals surface area (Å²) in [6.45, 7) is 4.42. The Labute approximate surface area is 118 Å². The summed E-state index contributed by atoms with van der Waals surface area (Å²) in [5, 5.41) is 10.8. The van der Waals surface area contributed by atoms with Crippen molar-refractivity contribution in [3.8, 4) is 0 Å². The van der Waals surface area contributed by atoms with Gasteiger partial charge in [-0.2, -0.15) is 0 Å². The summed E-state index contributed by atoms with van der Waals surface area (Å²) in [5.74, 6) is 0.257. The zero-order valence-electron chi connectivity index (χ0n) is 12.5. The number of benzene rings is 1. The lowest BCUT2D eigenvalue weighted by molar-refractivity contribution is -0.0168. The summed E-state index contributed by atoms with van der Waals surface area (Å²) >= 11 is 0. The van der Waals surface area contributed by atoms with Gasteiger partial charge >= 0.3 is 0 Å². The van der Waals surface area contributed by atoms with E-state index in [1.54, 1.807) is 0 Å². The SMILES string of the molecule is CCCCc1ccc(C(C)C2(O)CCCCC2)cc1. The van der Waals surface area contributed by atoms with Crippen LogP contribution < -0.4 is 0 Å². The predicted octanol–water partition coefficient (Wildman–Crippen LogP) is 4.83. The molecular weight excluding hydrogens is 232 g/mol. The smallest absolute Gasteiger partial charge is 0.0713 e. The number of aryl methyl sites for hydroxylation is 1. The van der Waals surface area contributed by atoms with Gasteiger partial charge in [0.1, 0.15) is 0 Å². The molecule has 0 aliphatic heterocycles. The maximum Gasteiger partial charge on any atom is 0.0713 e. The Hall–Kier alpha value is -0.820. The second kappa shape index (κ2) is 6.56. The van der Waals surface area contributed by atoms with E-state index in [1.165, 1.54) is 49.7 Å². The lowest BCUT2D eigenvalue weighted by Crippen LogP contribution is -2.37. The Balaban J connectivity index is 2.04. The standard InChI is InChI=1S/C18H28O/c1-3-4-8-16-9-11-17(12-10-16)15(2)18(19)13-6-5-7-14-18/h9-12,15,19H,3-8,13-14H2,1-2H3. The fraction of sp³-hybridized carbons (Fsp3) is 0.667. The summed E-state index contributed by atoms with van der Waals surface area (Å²) in [4.78, 5) is 0. The van der Waals surface area contributed by atoms with E-state index in [0.717, 1.165) is 12.8 Å². The van der Waals surface area contributed by atoms with Gasteiger partial charge in [0.25, 0.3) is 0 Å². The highest BCUT2D eigenvalue weighted by Crippen LogP contribution is 2.39. The summed E-state index contributed by atoms with van der Waals surface area (Å²) < 4.78 is 0. The van der Waals surface area contributed by atoms with Gasteiger partial charge in [-0.05, 0) is 36.8 Å². The monoisotopic (exact) mass is 260 g/mol. The highest BCUT2D eigenvalue weighted by atomic mass is 16.3. The van der Waals surface area contributed by atoms with E-state index >= 15 is 0 Å². The van der Waals surface area contributed by atoms with Gasteiger partial charge in [0, 0.05) is 5.92 Å². The second-order valence-electron chi connectivity index (χ2n) is 6.23. The molecule has 1 atom stereocenters. The molecule has 1 N–H and O–H groups in total. The molecule has 106 valence electrons. The van der Waals surface area contributed by atoms with E-state index in [1.807, 2.05) is 0 Å². The van der Waals surface area contributed by atoms with Gasteiger partial charge in [-0.15, -0.1) is 0 Å². The molecule has 1 aromatic rings. The van der Waals surface area contributed by atoms with Crippen LogP contribution in [0.3, 0.4) is 0 Å². The molecule has 0 spiro atoms. The van der Waals surface area contributed by atoms with Crippen LogP contribution in [0, 0.1) is 0 Å². The first-order valence-corrected chi connectivity index (χ1v) is 7.97. The van der Waals surface area contributed by atoms with Crippen LogP contribution in [0.4, 0.5) is 0 Å². The minimum atomic E-state index is -0.469. The summed E-state index contributed by atoms with van der Waals surface area (Å²) in [5.41, 5.74) is 2.25. The molecule has 1 saturated carbocycles. The Morgan fingerprint density at radius 3 is 2.32 bits per heavy atom. The zero-order valence-corrected chi connectivity index (χ0v) is 12.5. The van der Waals surface area contributed by atoms with Crippen LogP contribution >= 0.6 is 0 Å². The summed E-state index contributed by atoms with van der Waals surface area (Å²) in [7, 11) is 0. The molecule has 19 heavy (non-hydrogen) atoms. The third kappa shape index (κ3) is 3.60. The topological polar surface area (TPSA) is 20.2 Å². The van der Waals surface area contributed by atoms with Crippen molar-refractivity contribution >= 4 is 0 Å². The first-order valence-electron chi connectivity index (χ1n) is 7.97. The first-order chi connectivity index (χ1) is 9.15. The molecular formula is C18H28O. The fourth-order valence-electron chi connectivity index (χ4n) is 3.26. The van der Waals surface area contributed by atoms with Crippen molar-refractivity contribution in [3.05, 3.63) is 35.4 Å². The molecule has 0 heterocycles. The fourth-order valence-corrected chi connectivity index (χ4v) is 3.26. The van der Waals surface area contributed by atoms with Crippen LogP contribution in [0.2, 0.25) is 0 Å². The molecule has 0 radical (unpaired) electrons. The van der Waals surface area contributed by atoms with E-state index in [0.29, 0.717) is 0 Å². The Morgan fingerprint density at radius 2 is 1.74 bits per heavy atom. The lowest BCUT2D eigenvalue weighted by atomic mass is 9.73. The van der Waals surface area contributed by atoms with Gasteiger partial charge in [-0.3, -0.25) is 0 Å². The average molecular weight is 260 g/mol. The van der Waals surface area contributed by atoms with Gasteiger partial charge in [-0.25, -0.2) is 0 Å². The molecule has 0 aromatic heterocycles. The van der Waals surface area contributed by atoms with Crippen LogP contribution in [0.25, 0.3) is 0 Å². The van der Waals surface area contributed by atoms with Crippen molar-refractivity contribution in [1.29, 1.82) is 0 Å². The van der Waals surface area contributed by atoms with E-state index in [-0.39, 0.29) is 5.92 Å². The molecule has 1 aromatic carbocycles. The third-order valence-electron chi connectivity index (χ3n) is 4.82. The normalized spacial score (nSPS) is 20.2. The van der Waals surface area contributed by atoms with Gasteiger partial charge in [0.15, 0.2) is 0 Å². The van der Waals surface area contributed by atoms with Crippen molar-refractivity contribution in [2.45, 2.75) is 76.7 Å². The van der Waals surface area contributed by atoms with Crippen molar-refractivity contribution in [2.24, 2.45) is 0 Å². The minimum absolute atomic E-state index is 0.257. The van der Waals surface area contributed by atoms with Gasteiger partial charge in [-0.1, -0.05) is 63.8 Å². The van der Waals surface area contributed by atoms with Gasteiger partial charge in [0.2, 0.25) is 0 Å². The molecule has 0 saturated heterocycles.